The predicted octanol–water partition coefficient (Wildman–Crippen LogP) is 7.32. The SMILES string of the molecule is CCCC[S+]1CCCC1c1ccccc1.F[P-](F)(F)(F)(F)F. The van der Waals surface area contributed by atoms with Crippen molar-refractivity contribution in [1.29, 1.82) is 0 Å². The van der Waals surface area contributed by atoms with Crippen LogP contribution in [0.25, 0.3) is 0 Å². The van der Waals surface area contributed by atoms with Gasteiger partial charge in [-0.1, -0.05) is 43.7 Å². The molecule has 0 aliphatic carbocycles. The molecule has 2 rings (SSSR count). The third kappa shape index (κ3) is 10.3. The van der Waals surface area contributed by atoms with Gasteiger partial charge in [0, 0.05) is 12.0 Å². The summed E-state index contributed by atoms with van der Waals surface area (Å²) in [6, 6.07) is 11.1. The summed E-state index contributed by atoms with van der Waals surface area (Å²) in [7, 11) is -9.97. The van der Waals surface area contributed by atoms with Gasteiger partial charge in [0.1, 0.15) is 16.8 Å². The minimum absolute atomic E-state index is 0.684. The standard InChI is InChI=1S/C14H21S.F6P/c1-2-3-11-15-12-7-10-14(15)13-8-5-4-6-9-13;1-7(2,3,4,5)6/h4-6,8-9,14H,2-3,7,10-12H2,1H3;/q+1;-1. The number of hydrogen-bond donors (Lipinski definition) is 0. The van der Waals surface area contributed by atoms with E-state index in [1.807, 2.05) is 0 Å². The van der Waals surface area contributed by atoms with Gasteiger partial charge in [-0.2, -0.15) is 0 Å². The zero-order valence-corrected chi connectivity index (χ0v) is 14.0. The molecule has 130 valence electrons. The van der Waals surface area contributed by atoms with Crippen LogP contribution in [0.3, 0.4) is 0 Å². The van der Waals surface area contributed by atoms with Crippen molar-refractivity contribution in [2.24, 2.45) is 0 Å². The van der Waals surface area contributed by atoms with Gasteiger partial charge in [0.15, 0.2) is 0 Å². The Morgan fingerprint density at radius 3 is 2.09 bits per heavy atom. The molecule has 0 saturated carbocycles. The molecule has 22 heavy (non-hydrogen) atoms. The minimum atomic E-state index is -10.7. The Bertz CT molecular complexity index is 447. The van der Waals surface area contributed by atoms with E-state index in [-0.39, 0.29) is 0 Å². The maximum atomic E-state index is 9.87. The molecular weight excluding hydrogens is 345 g/mol. The van der Waals surface area contributed by atoms with Crippen molar-refractivity contribution in [3.8, 4) is 0 Å². The fourth-order valence-electron chi connectivity index (χ4n) is 2.36. The van der Waals surface area contributed by atoms with Crippen molar-refractivity contribution in [1.82, 2.24) is 0 Å². The summed E-state index contributed by atoms with van der Waals surface area (Å²) in [6.45, 7) is 2.30. The number of rotatable bonds is 4. The number of hydrogen-bond acceptors (Lipinski definition) is 0. The van der Waals surface area contributed by atoms with Gasteiger partial charge >= 0.3 is 33.0 Å². The number of halogens is 6. The van der Waals surface area contributed by atoms with E-state index < -0.39 is 7.81 Å². The van der Waals surface area contributed by atoms with Crippen molar-refractivity contribution < 1.29 is 25.2 Å². The normalized spacial score (nSPS) is 24.9. The molecule has 0 amide bonds. The van der Waals surface area contributed by atoms with Gasteiger partial charge in [-0.25, -0.2) is 0 Å². The van der Waals surface area contributed by atoms with Crippen molar-refractivity contribution in [3.05, 3.63) is 35.9 Å². The topological polar surface area (TPSA) is 0 Å². The molecule has 2 atom stereocenters. The van der Waals surface area contributed by atoms with Crippen LogP contribution in [0, 0.1) is 0 Å². The Labute approximate surface area is 129 Å². The molecule has 1 fully saturated rings. The third-order valence-electron chi connectivity index (χ3n) is 3.21. The predicted molar refractivity (Wildman–Crippen MR) is 84.0 cm³/mol. The zero-order chi connectivity index (χ0) is 16.9. The Balaban J connectivity index is 0.000000295. The molecule has 0 N–H and O–H groups in total. The molecular formula is C14H21F6PS. The quantitative estimate of drug-likeness (QED) is 0.297. The van der Waals surface area contributed by atoms with E-state index in [1.165, 1.54) is 37.2 Å². The molecule has 1 aliphatic rings. The summed E-state index contributed by atoms with van der Waals surface area (Å²) in [5, 5.41) is 0.887. The molecule has 0 radical (unpaired) electrons. The first-order chi connectivity index (χ1) is 9.86. The van der Waals surface area contributed by atoms with Gasteiger partial charge in [0.2, 0.25) is 0 Å². The Morgan fingerprint density at radius 1 is 1.05 bits per heavy atom. The molecule has 8 heteroatoms. The molecule has 1 saturated heterocycles. The van der Waals surface area contributed by atoms with E-state index >= 15 is 0 Å². The summed E-state index contributed by atoms with van der Waals surface area (Å²) in [5.41, 5.74) is 1.59. The van der Waals surface area contributed by atoms with E-state index in [2.05, 4.69) is 37.3 Å². The van der Waals surface area contributed by atoms with E-state index in [4.69, 9.17) is 0 Å². The monoisotopic (exact) mass is 366 g/mol. The molecule has 0 bridgehead atoms. The van der Waals surface area contributed by atoms with Gasteiger partial charge in [-0.05, 0) is 23.7 Å². The third-order valence-corrected chi connectivity index (χ3v) is 6.15. The fourth-order valence-corrected chi connectivity index (χ4v) is 5.38. The van der Waals surface area contributed by atoms with Crippen LogP contribution in [0.5, 0.6) is 0 Å². The summed E-state index contributed by atoms with van der Waals surface area (Å²) in [5.74, 6) is 2.95. The van der Waals surface area contributed by atoms with Crippen LogP contribution in [-0.2, 0) is 10.9 Å². The molecule has 0 aromatic heterocycles. The van der Waals surface area contributed by atoms with Crippen LogP contribution in [0.4, 0.5) is 25.2 Å². The summed E-state index contributed by atoms with van der Waals surface area (Å²) in [4.78, 5) is 0. The zero-order valence-electron chi connectivity index (χ0n) is 12.3. The Morgan fingerprint density at radius 2 is 1.59 bits per heavy atom. The Hall–Kier alpha value is -0.420. The average molecular weight is 366 g/mol. The number of unbranched alkanes of at least 4 members (excludes halogenated alkanes) is 1. The summed E-state index contributed by atoms with van der Waals surface area (Å²) in [6.07, 6.45) is 5.65. The van der Waals surface area contributed by atoms with Crippen LogP contribution in [0.15, 0.2) is 30.3 Å². The van der Waals surface area contributed by atoms with Crippen LogP contribution >= 0.6 is 7.81 Å². The van der Waals surface area contributed by atoms with E-state index in [1.54, 1.807) is 5.56 Å². The second-order valence-corrected chi connectivity index (χ2v) is 9.68. The second-order valence-electron chi connectivity index (χ2n) is 5.30. The van der Waals surface area contributed by atoms with Crippen LogP contribution in [-0.4, -0.2) is 11.5 Å². The van der Waals surface area contributed by atoms with Crippen molar-refractivity contribution in [2.75, 3.05) is 11.5 Å². The number of benzene rings is 1. The molecule has 1 aromatic carbocycles. The second kappa shape index (κ2) is 6.60. The van der Waals surface area contributed by atoms with Gasteiger partial charge in [-0.3, -0.25) is 0 Å². The van der Waals surface area contributed by atoms with Gasteiger partial charge in [-0.15, -0.1) is 0 Å². The van der Waals surface area contributed by atoms with E-state index in [9.17, 15) is 25.2 Å². The maximum absolute atomic E-state index is 10.7. The molecule has 1 heterocycles. The van der Waals surface area contributed by atoms with Crippen LogP contribution in [0.1, 0.15) is 43.4 Å². The molecule has 0 nitrogen and oxygen atoms in total. The van der Waals surface area contributed by atoms with Crippen molar-refractivity contribution in [2.45, 2.75) is 37.9 Å². The average Bonchev–Trinajstić information content (AvgIpc) is 2.82. The Kier molecular flexibility index (Phi) is 5.89. The summed E-state index contributed by atoms with van der Waals surface area (Å²) < 4.78 is 59.2. The van der Waals surface area contributed by atoms with Crippen molar-refractivity contribution in [3.63, 3.8) is 0 Å². The fraction of sp³-hybridized carbons (Fsp3) is 0.571. The molecule has 2 unspecified atom stereocenters. The van der Waals surface area contributed by atoms with Crippen molar-refractivity contribution >= 4 is 18.7 Å². The van der Waals surface area contributed by atoms with Gasteiger partial charge in [0.05, 0.1) is 0 Å². The van der Waals surface area contributed by atoms with Crippen LogP contribution in [0.2, 0.25) is 0 Å². The van der Waals surface area contributed by atoms with E-state index in [0.29, 0.717) is 10.9 Å². The first-order valence-corrected chi connectivity index (χ1v) is 10.8. The first kappa shape index (κ1) is 19.6. The van der Waals surface area contributed by atoms with Crippen LogP contribution < -0.4 is 0 Å². The van der Waals surface area contributed by atoms with E-state index in [0.717, 1.165) is 5.25 Å². The van der Waals surface area contributed by atoms with Gasteiger partial charge < -0.3 is 0 Å². The molecule has 1 aliphatic heterocycles. The first-order valence-electron chi connectivity index (χ1n) is 7.14. The summed E-state index contributed by atoms with van der Waals surface area (Å²) >= 11 is 0. The van der Waals surface area contributed by atoms with Gasteiger partial charge in [0.25, 0.3) is 0 Å². The molecule has 1 aromatic rings. The molecule has 0 spiro atoms.